The fraction of sp³-hybridized carbons (Fsp3) is 0.542. The molecule has 0 radical (unpaired) electrons. The van der Waals surface area contributed by atoms with E-state index in [2.05, 4.69) is 46.5 Å². The molecule has 2 atom stereocenters. The van der Waals surface area contributed by atoms with Gasteiger partial charge in [0.15, 0.2) is 0 Å². The van der Waals surface area contributed by atoms with Crippen molar-refractivity contribution in [3.63, 3.8) is 0 Å². The number of ether oxygens (including phenoxy) is 1. The fourth-order valence-electron chi connectivity index (χ4n) is 4.38. The number of anilines is 1. The number of nitrogens with zero attached hydrogens (tertiary/aromatic N) is 3. The number of aryl methyl sites for hydroxylation is 1. The molecule has 3 heterocycles. The molecule has 166 valence electrons. The Morgan fingerprint density at radius 3 is 2.61 bits per heavy atom. The van der Waals surface area contributed by atoms with Crippen LogP contribution in [0, 0.1) is 13.8 Å². The highest BCUT2D eigenvalue weighted by atomic mass is 16.5. The molecule has 0 aliphatic carbocycles. The highest BCUT2D eigenvalue weighted by Crippen LogP contribution is 2.31. The number of aromatic nitrogens is 2. The molecule has 1 amide bonds. The number of carbonyl (C=O) groups excluding carboxylic acids is 1. The Morgan fingerprint density at radius 2 is 1.87 bits per heavy atom. The molecule has 2 saturated heterocycles. The van der Waals surface area contributed by atoms with Gasteiger partial charge in [0.25, 0.3) is 5.91 Å². The molecular weight excluding hydrogens is 390 g/mol. The Morgan fingerprint density at radius 1 is 1.13 bits per heavy atom. The van der Waals surface area contributed by atoms with E-state index >= 15 is 0 Å². The molecule has 0 saturated carbocycles. The number of piperidine rings is 1. The van der Waals surface area contributed by atoms with Crippen LogP contribution in [-0.2, 0) is 4.74 Å². The van der Waals surface area contributed by atoms with Crippen molar-refractivity contribution in [2.45, 2.75) is 64.2 Å². The summed E-state index contributed by atoms with van der Waals surface area (Å²) in [6.45, 7) is 6.03. The lowest BCUT2D eigenvalue weighted by atomic mass is 9.97. The van der Waals surface area contributed by atoms with Crippen LogP contribution in [0.25, 0.3) is 0 Å². The summed E-state index contributed by atoms with van der Waals surface area (Å²) in [4.78, 5) is 23.5. The molecule has 1 aromatic carbocycles. The maximum absolute atomic E-state index is 13.0. The minimum atomic E-state index is -0.0387. The van der Waals surface area contributed by atoms with Gasteiger partial charge in [-0.3, -0.25) is 4.79 Å². The van der Waals surface area contributed by atoms with Crippen LogP contribution >= 0.6 is 0 Å². The van der Waals surface area contributed by atoms with E-state index < -0.39 is 0 Å². The van der Waals surface area contributed by atoms with E-state index in [9.17, 15) is 4.79 Å². The largest absolute Gasteiger partial charge is 0.368 e. The van der Waals surface area contributed by atoms with E-state index in [1.807, 2.05) is 11.8 Å². The van der Waals surface area contributed by atoms with E-state index in [1.165, 1.54) is 17.5 Å². The fourth-order valence-corrected chi connectivity index (χ4v) is 4.38. The van der Waals surface area contributed by atoms with Crippen LogP contribution in [0.3, 0.4) is 0 Å². The van der Waals surface area contributed by atoms with Gasteiger partial charge in [0.1, 0.15) is 17.8 Å². The Bertz CT molecular complexity index is 893. The number of rotatable bonds is 5. The third-order valence-corrected chi connectivity index (χ3v) is 6.41. The van der Waals surface area contributed by atoms with E-state index in [-0.39, 0.29) is 24.2 Å². The summed E-state index contributed by atoms with van der Waals surface area (Å²) in [5.41, 5.74) is 9.72. The van der Waals surface area contributed by atoms with Gasteiger partial charge in [0, 0.05) is 31.2 Å². The standard InChI is InChI=1S/C24H33N5O2/c1-16-6-8-18(9-7-16)21-5-3-4-20(31-21)14-26-23-17(2)22(27-15-28-23)24(30)29-12-10-19(25)11-13-29/h6-9,15,19-21H,3-5,10-14,25H2,1-2H3,(H,26,27,28)/t20-,21+/m0/s1. The average molecular weight is 424 g/mol. The normalized spacial score (nSPS) is 22.4. The molecule has 4 rings (SSSR count). The van der Waals surface area contributed by atoms with Crippen LogP contribution in [0.5, 0.6) is 0 Å². The zero-order chi connectivity index (χ0) is 21.8. The third kappa shape index (κ3) is 5.22. The number of amides is 1. The van der Waals surface area contributed by atoms with Gasteiger partial charge in [-0.1, -0.05) is 29.8 Å². The molecule has 7 heteroatoms. The molecule has 7 nitrogen and oxygen atoms in total. The van der Waals surface area contributed by atoms with Crippen molar-refractivity contribution >= 4 is 11.7 Å². The van der Waals surface area contributed by atoms with E-state index in [0.29, 0.717) is 31.1 Å². The number of hydrogen-bond donors (Lipinski definition) is 2. The predicted molar refractivity (Wildman–Crippen MR) is 121 cm³/mol. The Hall–Kier alpha value is -2.51. The van der Waals surface area contributed by atoms with Crippen LogP contribution in [-0.4, -0.2) is 52.6 Å². The first-order valence-electron chi connectivity index (χ1n) is 11.3. The van der Waals surface area contributed by atoms with Gasteiger partial charge in [-0.15, -0.1) is 0 Å². The predicted octanol–water partition coefficient (Wildman–Crippen LogP) is 3.38. The summed E-state index contributed by atoms with van der Waals surface area (Å²) >= 11 is 0. The van der Waals surface area contributed by atoms with Crippen LogP contribution in [0.2, 0.25) is 0 Å². The molecule has 2 aliphatic rings. The van der Waals surface area contributed by atoms with E-state index in [0.717, 1.165) is 37.7 Å². The Kier molecular flexibility index (Phi) is 6.83. The summed E-state index contributed by atoms with van der Waals surface area (Å²) in [5.74, 6) is 0.663. The van der Waals surface area contributed by atoms with Gasteiger partial charge in [-0.2, -0.15) is 0 Å². The minimum absolute atomic E-state index is 0.0387. The number of nitrogens with one attached hydrogen (secondary N) is 1. The van der Waals surface area contributed by atoms with Crippen molar-refractivity contribution in [2.75, 3.05) is 25.0 Å². The first kappa shape index (κ1) is 21.7. The second-order valence-electron chi connectivity index (χ2n) is 8.79. The van der Waals surface area contributed by atoms with E-state index in [4.69, 9.17) is 10.5 Å². The van der Waals surface area contributed by atoms with Crippen molar-refractivity contribution in [3.05, 3.63) is 53.0 Å². The van der Waals surface area contributed by atoms with Gasteiger partial charge >= 0.3 is 0 Å². The summed E-state index contributed by atoms with van der Waals surface area (Å²) in [7, 11) is 0. The quantitative estimate of drug-likeness (QED) is 0.766. The first-order valence-corrected chi connectivity index (χ1v) is 11.3. The molecule has 2 fully saturated rings. The first-order chi connectivity index (χ1) is 15.0. The Balaban J connectivity index is 1.37. The number of hydrogen-bond acceptors (Lipinski definition) is 6. The van der Waals surface area contributed by atoms with Crippen LogP contribution in [0.1, 0.15) is 65.4 Å². The average Bonchev–Trinajstić information content (AvgIpc) is 2.79. The zero-order valence-corrected chi connectivity index (χ0v) is 18.5. The van der Waals surface area contributed by atoms with Crippen molar-refractivity contribution in [1.82, 2.24) is 14.9 Å². The number of likely N-dealkylation sites (tertiary alicyclic amines) is 1. The lowest BCUT2D eigenvalue weighted by molar-refractivity contribution is -0.0442. The summed E-state index contributed by atoms with van der Waals surface area (Å²) in [5, 5.41) is 3.40. The highest BCUT2D eigenvalue weighted by molar-refractivity contribution is 5.94. The maximum Gasteiger partial charge on any atom is 0.272 e. The van der Waals surface area contributed by atoms with E-state index in [1.54, 1.807) is 0 Å². The van der Waals surface area contributed by atoms with Gasteiger partial charge in [-0.25, -0.2) is 9.97 Å². The molecule has 3 N–H and O–H groups in total. The monoisotopic (exact) mass is 423 g/mol. The topological polar surface area (TPSA) is 93.4 Å². The summed E-state index contributed by atoms with van der Waals surface area (Å²) in [6.07, 6.45) is 6.57. The SMILES string of the molecule is Cc1ccc([C@H]2CCC[C@@H](CNc3ncnc(C(=O)N4CCC(N)CC4)c3C)O2)cc1. The van der Waals surface area contributed by atoms with Gasteiger partial charge in [-0.05, 0) is 51.5 Å². The molecule has 0 bridgehead atoms. The van der Waals surface area contributed by atoms with Crippen LogP contribution in [0.15, 0.2) is 30.6 Å². The summed E-state index contributed by atoms with van der Waals surface area (Å²) < 4.78 is 6.36. The molecule has 2 aliphatic heterocycles. The van der Waals surface area contributed by atoms with Crippen LogP contribution < -0.4 is 11.1 Å². The van der Waals surface area contributed by atoms with Crippen molar-refractivity contribution in [3.8, 4) is 0 Å². The van der Waals surface area contributed by atoms with Gasteiger partial charge < -0.3 is 20.7 Å². The van der Waals surface area contributed by atoms with Crippen molar-refractivity contribution in [1.29, 1.82) is 0 Å². The van der Waals surface area contributed by atoms with Crippen molar-refractivity contribution < 1.29 is 9.53 Å². The second-order valence-corrected chi connectivity index (χ2v) is 8.79. The van der Waals surface area contributed by atoms with Crippen molar-refractivity contribution in [2.24, 2.45) is 5.73 Å². The zero-order valence-electron chi connectivity index (χ0n) is 18.5. The van der Waals surface area contributed by atoms with Crippen LogP contribution in [0.4, 0.5) is 5.82 Å². The van der Waals surface area contributed by atoms with Gasteiger partial charge in [0.05, 0.1) is 12.2 Å². The minimum Gasteiger partial charge on any atom is -0.368 e. The number of carbonyl (C=O) groups is 1. The van der Waals surface area contributed by atoms with Gasteiger partial charge in [0.2, 0.25) is 0 Å². The highest BCUT2D eigenvalue weighted by Gasteiger charge is 2.26. The molecule has 31 heavy (non-hydrogen) atoms. The number of benzene rings is 1. The maximum atomic E-state index is 13.0. The number of nitrogens with two attached hydrogens (primary N) is 1. The third-order valence-electron chi connectivity index (χ3n) is 6.41. The molecule has 1 aromatic heterocycles. The lowest BCUT2D eigenvalue weighted by Crippen LogP contribution is -2.43. The summed E-state index contributed by atoms with van der Waals surface area (Å²) in [6, 6.07) is 8.79. The molecule has 0 unspecified atom stereocenters. The second kappa shape index (κ2) is 9.75. The smallest absolute Gasteiger partial charge is 0.272 e. The molecular formula is C24H33N5O2. The molecule has 2 aromatic rings. The Labute approximate surface area is 184 Å². The lowest BCUT2D eigenvalue weighted by Gasteiger charge is -2.31. The molecule has 0 spiro atoms.